The molecule has 16 heavy (non-hydrogen) atoms. The van der Waals surface area contributed by atoms with Crippen molar-refractivity contribution in [3.63, 3.8) is 0 Å². The van der Waals surface area contributed by atoms with Gasteiger partial charge < -0.3 is 10.6 Å². The number of hydrogen-bond donors (Lipinski definition) is 2. The second-order valence-electron chi connectivity index (χ2n) is 6.01. The van der Waals surface area contributed by atoms with Gasteiger partial charge in [-0.05, 0) is 44.2 Å². The maximum absolute atomic E-state index is 3.63. The largest absolute Gasteiger partial charge is 0.316 e. The van der Waals surface area contributed by atoms with Crippen molar-refractivity contribution in [2.75, 3.05) is 19.6 Å². The molecule has 2 N–H and O–H groups in total. The average Bonchev–Trinajstić information content (AvgIpc) is 2.64. The van der Waals surface area contributed by atoms with E-state index < -0.39 is 0 Å². The van der Waals surface area contributed by atoms with Crippen LogP contribution in [0.25, 0.3) is 0 Å². The highest BCUT2D eigenvalue weighted by molar-refractivity contribution is 4.82. The van der Waals surface area contributed by atoms with E-state index in [4.69, 9.17) is 0 Å². The monoisotopic (exact) mass is 226 g/mol. The van der Waals surface area contributed by atoms with Gasteiger partial charge in [0, 0.05) is 12.6 Å². The minimum Gasteiger partial charge on any atom is -0.316 e. The predicted octanol–water partition coefficient (Wildman–Crippen LogP) is 2.93. The summed E-state index contributed by atoms with van der Waals surface area (Å²) in [5.74, 6) is 0. The highest BCUT2D eigenvalue weighted by Gasteiger charge is 2.27. The lowest BCUT2D eigenvalue weighted by molar-refractivity contribution is 0.314. The van der Waals surface area contributed by atoms with Crippen LogP contribution in [0.2, 0.25) is 0 Å². The van der Waals surface area contributed by atoms with Crippen molar-refractivity contribution < 1.29 is 0 Å². The SMILES string of the molecule is CC(C)NCCCCNCC1(C)CCCC1. The van der Waals surface area contributed by atoms with E-state index in [2.05, 4.69) is 31.4 Å². The molecule has 2 nitrogen and oxygen atoms in total. The number of unbranched alkanes of at least 4 members (excludes halogenated alkanes) is 1. The first-order chi connectivity index (χ1) is 7.62. The minimum absolute atomic E-state index is 0.607. The normalized spacial score (nSPS) is 19.5. The van der Waals surface area contributed by atoms with E-state index in [0.717, 1.165) is 6.54 Å². The molecule has 0 radical (unpaired) electrons. The summed E-state index contributed by atoms with van der Waals surface area (Å²) in [6, 6.07) is 0.630. The second kappa shape index (κ2) is 7.29. The summed E-state index contributed by atoms with van der Waals surface area (Å²) in [7, 11) is 0. The van der Waals surface area contributed by atoms with E-state index in [1.165, 1.54) is 51.6 Å². The fraction of sp³-hybridized carbons (Fsp3) is 1.00. The molecule has 1 aliphatic rings. The third-order valence-corrected chi connectivity index (χ3v) is 3.70. The van der Waals surface area contributed by atoms with Crippen molar-refractivity contribution in [1.82, 2.24) is 10.6 Å². The van der Waals surface area contributed by atoms with Crippen LogP contribution in [0.15, 0.2) is 0 Å². The molecule has 0 saturated heterocycles. The Morgan fingerprint density at radius 3 is 2.31 bits per heavy atom. The molecular weight excluding hydrogens is 196 g/mol. The summed E-state index contributed by atoms with van der Waals surface area (Å²) in [6.45, 7) is 10.4. The van der Waals surface area contributed by atoms with Crippen LogP contribution in [0.4, 0.5) is 0 Å². The summed E-state index contributed by atoms with van der Waals surface area (Å²) in [6.07, 6.45) is 8.33. The summed E-state index contributed by atoms with van der Waals surface area (Å²) >= 11 is 0. The van der Waals surface area contributed by atoms with Crippen LogP contribution < -0.4 is 10.6 Å². The molecular formula is C14H30N2. The Bertz CT molecular complexity index is 172. The maximum atomic E-state index is 3.63. The van der Waals surface area contributed by atoms with Gasteiger partial charge in [-0.1, -0.05) is 33.6 Å². The standard InChI is InChI=1S/C14H30N2/c1-13(2)16-11-7-6-10-15-12-14(3)8-4-5-9-14/h13,15-16H,4-12H2,1-3H3. The molecule has 0 spiro atoms. The third-order valence-electron chi connectivity index (χ3n) is 3.70. The fourth-order valence-corrected chi connectivity index (χ4v) is 2.56. The van der Waals surface area contributed by atoms with Crippen LogP contribution in [0.3, 0.4) is 0 Å². The van der Waals surface area contributed by atoms with Gasteiger partial charge in [-0.2, -0.15) is 0 Å². The molecule has 1 saturated carbocycles. The molecule has 0 bridgehead atoms. The molecule has 1 rings (SSSR count). The Labute approximate surface area is 102 Å². The first-order valence-corrected chi connectivity index (χ1v) is 7.06. The zero-order chi connectivity index (χ0) is 11.9. The van der Waals surface area contributed by atoms with E-state index in [0.29, 0.717) is 11.5 Å². The molecule has 0 amide bonds. The molecule has 0 heterocycles. The molecule has 2 heteroatoms. The van der Waals surface area contributed by atoms with Gasteiger partial charge in [-0.15, -0.1) is 0 Å². The van der Waals surface area contributed by atoms with E-state index in [9.17, 15) is 0 Å². The molecule has 0 aromatic rings. The summed E-state index contributed by atoms with van der Waals surface area (Å²) in [5.41, 5.74) is 0.607. The van der Waals surface area contributed by atoms with E-state index in [1.54, 1.807) is 0 Å². The molecule has 1 aliphatic carbocycles. The van der Waals surface area contributed by atoms with Crippen molar-refractivity contribution in [1.29, 1.82) is 0 Å². The zero-order valence-electron chi connectivity index (χ0n) is 11.4. The fourth-order valence-electron chi connectivity index (χ4n) is 2.56. The molecule has 0 aliphatic heterocycles. The number of nitrogens with one attached hydrogen (secondary N) is 2. The lowest BCUT2D eigenvalue weighted by atomic mass is 9.89. The molecule has 1 fully saturated rings. The van der Waals surface area contributed by atoms with Crippen LogP contribution in [0.5, 0.6) is 0 Å². The predicted molar refractivity (Wildman–Crippen MR) is 71.8 cm³/mol. The van der Waals surface area contributed by atoms with E-state index >= 15 is 0 Å². The van der Waals surface area contributed by atoms with Crippen molar-refractivity contribution in [3.05, 3.63) is 0 Å². The maximum Gasteiger partial charge on any atom is 0.00103 e. The number of hydrogen-bond acceptors (Lipinski definition) is 2. The minimum atomic E-state index is 0.607. The summed E-state index contributed by atoms with van der Waals surface area (Å²) < 4.78 is 0. The van der Waals surface area contributed by atoms with Gasteiger partial charge in [0.1, 0.15) is 0 Å². The molecule has 0 aromatic heterocycles. The average molecular weight is 226 g/mol. The Kier molecular flexibility index (Phi) is 6.37. The van der Waals surface area contributed by atoms with Gasteiger partial charge in [0.2, 0.25) is 0 Å². The number of rotatable bonds is 8. The van der Waals surface area contributed by atoms with Gasteiger partial charge in [-0.25, -0.2) is 0 Å². The smallest absolute Gasteiger partial charge is 0.00103 e. The molecule has 0 unspecified atom stereocenters. The van der Waals surface area contributed by atoms with Gasteiger partial charge in [-0.3, -0.25) is 0 Å². The van der Waals surface area contributed by atoms with Crippen LogP contribution >= 0.6 is 0 Å². The topological polar surface area (TPSA) is 24.1 Å². The first-order valence-electron chi connectivity index (χ1n) is 7.06. The van der Waals surface area contributed by atoms with Gasteiger partial charge in [0.25, 0.3) is 0 Å². The van der Waals surface area contributed by atoms with Crippen molar-refractivity contribution in [2.24, 2.45) is 5.41 Å². The zero-order valence-corrected chi connectivity index (χ0v) is 11.4. The van der Waals surface area contributed by atoms with Crippen LogP contribution in [-0.2, 0) is 0 Å². The summed E-state index contributed by atoms with van der Waals surface area (Å²) in [5, 5.41) is 7.09. The quantitative estimate of drug-likeness (QED) is 0.622. The summed E-state index contributed by atoms with van der Waals surface area (Å²) in [4.78, 5) is 0. The molecule has 96 valence electrons. The van der Waals surface area contributed by atoms with E-state index in [-0.39, 0.29) is 0 Å². The van der Waals surface area contributed by atoms with Crippen molar-refractivity contribution >= 4 is 0 Å². The lowest BCUT2D eigenvalue weighted by Crippen LogP contribution is -2.30. The Balaban J connectivity index is 1.88. The van der Waals surface area contributed by atoms with Crippen LogP contribution in [0, 0.1) is 5.41 Å². The lowest BCUT2D eigenvalue weighted by Gasteiger charge is -2.23. The van der Waals surface area contributed by atoms with E-state index in [1.807, 2.05) is 0 Å². The van der Waals surface area contributed by atoms with Gasteiger partial charge >= 0.3 is 0 Å². The highest BCUT2D eigenvalue weighted by atomic mass is 14.9. The van der Waals surface area contributed by atoms with Crippen LogP contribution in [0.1, 0.15) is 59.3 Å². The Hall–Kier alpha value is -0.0800. The highest BCUT2D eigenvalue weighted by Crippen LogP contribution is 2.36. The van der Waals surface area contributed by atoms with Crippen molar-refractivity contribution in [2.45, 2.75) is 65.3 Å². The first kappa shape index (κ1) is 14.0. The Morgan fingerprint density at radius 2 is 1.69 bits per heavy atom. The van der Waals surface area contributed by atoms with Crippen LogP contribution in [-0.4, -0.2) is 25.7 Å². The molecule has 0 aromatic carbocycles. The Morgan fingerprint density at radius 1 is 1.06 bits per heavy atom. The third kappa shape index (κ3) is 5.86. The second-order valence-corrected chi connectivity index (χ2v) is 6.01. The van der Waals surface area contributed by atoms with Gasteiger partial charge in [0.15, 0.2) is 0 Å². The molecule has 0 atom stereocenters. The van der Waals surface area contributed by atoms with Crippen molar-refractivity contribution in [3.8, 4) is 0 Å². The van der Waals surface area contributed by atoms with Gasteiger partial charge in [0.05, 0.1) is 0 Å².